The molecule has 0 bridgehead atoms. The van der Waals surface area contributed by atoms with Crippen molar-refractivity contribution < 1.29 is 4.79 Å². The van der Waals surface area contributed by atoms with Gasteiger partial charge in [0.15, 0.2) is 0 Å². The first-order valence-corrected chi connectivity index (χ1v) is 6.74. The van der Waals surface area contributed by atoms with E-state index in [9.17, 15) is 4.79 Å². The van der Waals surface area contributed by atoms with Gasteiger partial charge in [-0.1, -0.05) is 25.1 Å². The Morgan fingerprint density at radius 2 is 2.17 bits per heavy atom. The number of hydrogen-bond acceptors (Lipinski definition) is 2. The molecule has 0 radical (unpaired) electrons. The molecule has 1 aromatic carbocycles. The molecular formula is C15H22N2O. The Morgan fingerprint density at radius 1 is 1.44 bits per heavy atom. The van der Waals surface area contributed by atoms with Crippen LogP contribution in [0.2, 0.25) is 0 Å². The van der Waals surface area contributed by atoms with Crippen LogP contribution in [0.15, 0.2) is 24.3 Å². The van der Waals surface area contributed by atoms with Crippen LogP contribution in [0.5, 0.6) is 0 Å². The van der Waals surface area contributed by atoms with Gasteiger partial charge in [-0.25, -0.2) is 0 Å². The molecule has 3 nitrogen and oxygen atoms in total. The van der Waals surface area contributed by atoms with Crippen molar-refractivity contribution in [2.75, 3.05) is 25.0 Å². The first-order valence-electron chi connectivity index (χ1n) is 6.74. The topological polar surface area (TPSA) is 23.6 Å². The first kappa shape index (κ1) is 13.1. The third-order valence-corrected chi connectivity index (χ3v) is 3.89. The number of anilines is 1. The number of fused-ring (bicyclic) bond motifs is 1. The highest BCUT2D eigenvalue weighted by Crippen LogP contribution is 2.27. The Hall–Kier alpha value is -1.35. The van der Waals surface area contributed by atoms with Crippen LogP contribution >= 0.6 is 0 Å². The number of aryl methyl sites for hydroxylation is 1. The van der Waals surface area contributed by atoms with E-state index in [4.69, 9.17) is 0 Å². The fraction of sp³-hybridized carbons (Fsp3) is 0.533. The molecule has 1 atom stereocenters. The van der Waals surface area contributed by atoms with Crippen molar-refractivity contribution in [3.05, 3.63) is 29.8 Å². The molecule has 98 valence electrons. The molecule has 1 heterocycles. The Kier molecular flexibility index (Phi) is 4.02. The average Bonchev–Trinajstić information content (AvgIpc) is 2.44. The summed E-state index contributed by atoms with van der Waals surface area (Å²) >= 11 is 0. The Morgan fingerprint density at radius 3 is 2.89 bits per heavy atom. The maximum absolute atomic E-state index is 12.5. The highest BCUT2D eigenvalue weighted by atomic mass is 16.2. The molecule has 1 aliphatic rings. The summed E-state index contributed by atoms with van der Waals surface area (Å²) in [6.07, 6.45) is 2.14. The van der Waals surface area contributed by atoms with Gasteiger partial charge in [0.1, 0.15) is 0 Å². The maximum atomic E-state index is 12.5. The van der Waals surface area contributed by atoms with Gasteiger partial charge in [-0.2, -0.15) is 0 Å². The van der Waals surface area contributed by atoms with Gasteiger partial charge in [-0.05, 0) is 45.0 Å². The quantitative estimate of drug-likeness (QED) is 0.817. The van der Waals surface area contributed by atoms with Gasteiger partial charge in [0, 0.05) is 12.2 Å². The Labute approximate surface area is 109 Å². The van der Waals surface area contributed by atoms with Gasteiger partial charge in [0.05, 0.1) is 6.04 Å². The molecule has 2 rings (SSSR count). The van der Waals surface area contributed by atoms with E-state index in [0.29, 0.717) is 0 Å². The molecule has 18 heavy (non-hydrogen) atoms. The normalized spacial score (nSPS) is 16.6. The summed E-state index contributed by atoms with van der Waals surface area (Å²) in [5, 5.41) is 0. The second kappa shape index (κ2) is 5.53. The summed E-state index contributed by atoms with van der Waals surface area (Å²) in [7, 11) is 2.00. The van der Waals surface area contributed by atoms with E-state index >= 15 is 0 Å². The lowest BCUT2D eigenvalue weighted by Gasteiger charge is -2.33. The molecule has 0 saturated carbocycles. The van der Waals surface area contributed by atoms with E-state index in [1.807, 2.05) is 24.9 Å². The molecular weight excluding hydrogens is 224 g/mol. The lowest BCUT2D eigenvalue weighted by atomic mass is 10.0. The number of hydrogen-bond donors (Lipinski definition) is 0. The van der Waals surface area contributed by atoms with E-state index in [1.54, 1.807) is 0 Å². The smallest absolute Gasteiger partial charge is 0.244 e. The molecule has 0 spiro atoms. The number of carbonyl (C=O) groups excluding carboxylic acids is 1. The summed E-state index contributed by atoms with van der Waals surface area (Å²) in [5.41, 5.74) is 2.40. The maximum Gasteiger partial charge on any atom is 0.244 e. The average molecular weight is 246 g/mol. The zero-order chi connectivity index (χ0) is 13.1. The van der Waals surface area contributed by atoms with Gasteiger partial charge < -0.3 is 4.90 Å². The van der Waals surface area contributed by atoms with Crippen molar-refractivity contribution in [1.82, 2.24) is 4.90 Å². The van der Waals surface area contributed by atoms with E-state index in [0.717, 1.165) is 31.6 Å². The second-order valence-electron chi connectivity index (χ2n) is 4.97. The lowest BCUT2D eigenvalue weighted by molar-refractivity contribution is -0.122. The van der Waals surface area contributed by atoms with Crippen molar-refractivity contribution in [3.8, 4) is 0 Å². The van der Waals surface area contributed by atoms with Gasteiger partial charge in [-0.15, -0.1) is 0 Å². The van der Waals surface area contributed by atoms with Crippen LogP contribution in [0.3, 0.4) is 0 Å². The van der Waals surface area contributed by atoms with Crippen LogP contribution in [0.25, 0.3) is 0 Å². The minimum Gasteiger partial charge on any atom is -0.311 e. The number of rotatable bonds is 3. The Balaban J connectivity index is 2.22. The SMILES string of the molecule is CCN(C)C(C)C(=O)N1CCCc2ccccc21. The fourth-order valence-corrected chi connectivity index (χ4v) is 2.45. The van der Waals surface area contributed by atoms with Crippen LogP contribution in [0.1, 0.15) is 25.8 Å². The lowest BCUT2D eigenvalue weighted by Crippen LogP contribution is -2.47. The molecule has 1 unspecified atom stereocenters. The van der Waals surface area contributed by atoms with Crippen molar-refractivity contribution in [2.24, 2.45) is 0 Å². The zero-order valence-corrected chi connectivity index (χ0v) is 11.5. The van der Waals surface area contributed by atoms with Crippen molar-refractivity contribution in [1.29, 1.82) is 0 Å². The number of para-hydroxylation sites is 1. The highest BCUT2D eigenvalue weighted by molar-refractivity contribution is 5.97. The minimum atomic E-state index is -0.0545. The second-order valence-corrected chi connectivity index (χ2v) is 4.97. The Bertz CT molecular complexity index is 430. The molecule has 0 aromatic heterocycles. The molecule has 0 N–H and O–H groups in total. The van der Waals surface area contributed by atoms with Crippen LogP contribution in [0.4, 0.5) is 5.69 Å². The number of benzene rings is 1. The predicted molar refractivity (Wildman–Crippen MR) is 74.9 cm³/mol. The first-order chi connectivity index (χ1) is 8.65. The number of amides is 1. The molecule has 0 fully saturated rings. The van der Waals surface area contributed by atoms with E-state index in [1.165, 1.54) is 5.56 Å². The standard InChI is InChI=1S/C15H22N2O/c1-4-16(3)12(2)15(18)17-11-7-9-13-8-5-6-10-14(13)17/h5-6,8,10,12H,4,7,9,11H2,1-3H3. The van der Waals surface area contributed by atoms with Gasteiger partial charge in [0.25, 0.3) is 0 Å². The largest absolute Gasteiger partial charge is 0.311 e. The van der Waals surface area contributed by atoms with Crippen molar-refractivity contribution in [2.45, 2.75) is 32.7 Å². The van der Waals surface area contributed by atoms with E-state index in [-0.39, 0.29) is 11.9 Å². The predicted octanol–water partition coefficient (Wildman–Crippen LogP) is 2.31. The van der Waals surface area contributed by atoms with E-state index < -0.39 is 0 Å². The molecule has 0 saturated heterocycles. The van der Waals surface area contributed by atoms with Crippen LogP contribution < -0.4 is 4.90 Å². The van der Waals surface area contributed by atoms with Crippen LogP contribution in [0, 0.1) is 0 Å². The molecule has 3 heteroatoms. The fourth-order valence-electron chi connectivity index (χ4n) is 2.45. The summed E-state index contributed by atoms with van der Waals surface area (Å²) in [4.78, 5) is 16.6. The third kappa shape index (κ3) is 2.41. The molecule has 1 amide bonds. The summed E-state index contributed by atoms with van der Waals surface area (Å²) in [6, 6.07) is 8.20. The molecule has 1 aromatic rings. The molecule has 1 aliphatic heterocycles. The number of carbonyl (C=O) groups is 1. The number of nitrogens with zero attached hydrogens (tertiary/aromatic N) is 2. The number of likely N-dealkylation sites (N-methyl/N-ethyl adjacent to an activating group) is 1. The third-order valence-electron chi connectivity index (χ3n) is 3.89. The summed E-state index contributed by atoms with van der Waals surface area (Å²) in [6.45, 7) is 5.80. The zero-order valence-electron chi connectivity index (χ0n) is 11.5. The highest BCUT2D eigenvalue weighted by Gasteiger charge is 2.27. The van der Waals surface area contributed by atoms with E-state index in [2.05, 4.69) is 30.0 Å². The molecule has 0 aliphatic carbocycles. The van der Waals surface area contributed by atoms with Crippen LogP contribution in [-0.2, 0) is 11.2 Å². The minimum absolute atomic E-state index is 0.0545. The summed E-state index contributed by atoms with van der Waals surface area (Å²) in [5.74, 6) is 0.214. The van der Waals surface area contributed by atoms with Gasteiger partial charge in [-0.3, -0.25) is 9.69 Å². The van der Waals surface area contributed by atoms with Crippen molar-refractivity contribution >= 4 is 11.6 Å². The van der Waals surface area contributed by atoms with Crippen molar-refractivity contribution in [3.63, 3.8) is 0 Å². The van der Waals surface area contributed by atoms with Crippen LogP contribution in [-0.4, -0.2) is 37.0 Å². The summed E-state index contributed by atoms with van der Waals surface area (Å²) < 4.78 is 0. The van der Waals surface area contributed by atoms with Gasteiger partial charge in [0.2, 0.25) is 5.91 Å². The van der Waals surface area contributed by atoms with Gasteiger partial charge >= 0.3 is 0 Å². The monoisotopic (exact) mass is 246 g/mol.